The third-order valence-electron chi connectivity index (χ3n) is 2.92. The van der Waals surface area contributed by atoms with Gasteiger partial charge in [-0.25, -0.2) is 0 Å². The lowest BCUT2D eigenvalue weighted by Crippen LogP contribution is -2.18. The second kappa shape index (κ2) is 6.18. The van der Waals surface area contributed by atoms with Crippen LogP contribution in [0.3, 0.4) is 0 Å². The summed E-state index contributed by atoms with van der Waals surface area (Å²) in [5.74, 6) is -0.151. The van der Waals surface area contributed by atoms with Crippen molar-refractivity contribution in [2.24, 2.45) is 0 Å². The number of benzene rings is 1. The number of amides is 1. The second-order valence-corrected chi connectivity index (χ2v) is 4.38. The van der Waals surface area contributed by atoms with Gasteiger partial charge in [-0.2, -0.15) is 0 Å². The summed E-state index contributed by atoms with van der Waals surface area (Å²) in [7, 11) is 0. The fraction of sp³-hybridized carbons (Fsp3) is 0.333. The molecule has 2 rings (SSSR count). The summed E-state index contributed by atoms with van der Waals surface area (Å²) in [5.41, 5.74) is 3.05. The predicted molar refractivity (Wildman–Crippen MR) is 73.7 cm³/mol. The lowest BCUT2D eigenvalue weighted by atomic mass is 10.0. The van der Waals surface area contributed by atoms with Gasteiger partial charge in [0.1, 0.15) is 0 Å². The maximum absolute atomic E-state index is 11.2. The van der Waals surface area contributed by atoms with Crippen LogP contribution in [0.4, 0.5) is 5.69 Å². The quantitative estimate of drug-likeness (QED) is 0.845. The summed E-state index contributed by atoms with van der Waals surface area (Å²) in [6.45, 7) is 2.20. The van der Waals surface area contributed by atoms with Crippen molar-refractivity contribution >= 4 is 23.6 Å². The summed E-state index contributed by atoms with van der Waals surface area (Å²) in [6, 6.07) is 5.86. The van der Waals surface area contributed by atoms with Gasteiger partial charge in [-0.15, -0.1) is 0 Å². The smallest absolute Gasteiger partial charge is 0.309 e. The van der Waals surface area contributed by atoms with Crippen molar-refractivity contribution < 1.29 is 14.3 Å². The molecule has 1 aromatic rings. The fourth-order valence-electron chi connectivity index (χ4n) is 2.02. The van der Waals surface area contributed by atoms with Crippen molar-refractivity contribution in [1.29, 1.82) is 0 Å². The van der Waals surface area contributed by atoms with E-state index in [-0.39, 0.29) is 18.3 Å². The highest BCUT2D eigenvalue weighted by molar-refractivity contribution is 5.94. The average molecular weight is 259 g/mol. The number of esters is 1. The van der Waals surface area contributed by atoms with E-state index in [9.17, 15) is 9.59 Å². The summed E-state index contributed by atoms with van der Waals surface area (Å²) >= 11 is 0. The molecule has 19 heavy (non-hydrogen) atoms. The van der Waals surface area contributed by atoms with Crippen LogP contribution in [0.25, 0.3) is 6.08 Å². The van der Waals surface area contributed by atoms with Crippen molar-refractivity contribution in [3.8, 4) is 0 Å². The minimum Gasteiger partial charge on any atom is -0.466 e. The molecule has 100 valence electrons. The van der Waals surface area contributed by atoms with E-state index in [1.54, 1.807) is 13.0 Å². The Bertz CT molecular complexity index is 520. The fourth-order valence-corrected chi connectivity index (χ4v) is 2.02. The molecule has 1 N–H and O–H groups in total. The van der Waals surface area contributed by atoms with Crippen LogP contribution >= 0.6 is 0 Å². The van der Waals surface area contributed by atoms with Gasteiger partial charge >= 0.3 is 5.97 Å². The first kappa shape index (κ1) is 13.3. The normalized spacial score (nSPS) is 14.1. The van der Waals surface area contributed by atoms with Crippen molar-refractivity contribution in [2.45, 2.75) is 26.2 Å². The number of ether oxygens (including phenoxy) is 1. The second-order valence-electron chi connectivity index (χ2n) is 4.38. The van der Waals surface area contributed by atoms with Gasteiger partial charge in [0.15, 0.2) is 0 Å². The van der Waals surface area contributed by atoms with Crippen LogP contribution in [0.5, 0.6) is 0 Å². The maximum atomic E-state index is 11.2. The Labute approximate surface area is 112 Å². The molecule has 0 bridgehead atoms. The van der Waals surface area contributed by atoms with E-state index < -0.39 is 0 Å². The zero-order chi connectivity index (χ0) is 13.7. The van der Waals surface area contributed by atoms with E-state index in [0.29, 0.717) is 13.0 Å². The highest BCUT2D eigenvalue weighted by Crippen LogP contribution is 2.24. The topological polar surface area (TPSA) is 55.4 Å². The van der Waals surface area contributed by atoms with Crippen molar-refractivity contribution in [3.63, 3.8) is 0 Å². The van der Waals surface area contributed by atoms with Crippen molar-refractivity contribution in [1.82, 2.24) is 0 Å². The molecule has 1 aliphatic rings. The Balaban J connectivity index is 2.00. The Hall–Kier alpha value is -2.10. The summed E-state index contributed by atoms with van der Waals surface area (Å²) in [5, 5.41) is 2.84. The molecule has 0 aromatic heterocycles. The molecule has 0 spiro atoms. The van der Waals surface area contributed by atoms with E-state index in [4.69, 9.17) is 4.74 Å². The minimum absolute atomic E-state index is 0.0677. The molecule has 0 atom stereocenters. The Kier molecular flexibility index (Phi) is 4.34. The lowest BCUT2D eigenvalue weighted by molar-refractivity contribution is -0.142. The number of hydrogen-bond acceptors (Lipinski definition) is 3. The summed E-state index contributed by atoms with van der Waals surface area (Å²) in [6.07, 6.45) is 5.26. The lowest BCUT2D eigenvalue weighted by Gasteiger charge is -2.16. The van der Waals surface area contributed by atoms with Gasteiger partial charge in [-0.3, -0.25) is 9.59 Å². The first-order valence-electron chi connectivity index (χ1n) is 6.44. The largest absolute Gasteiger partial charge is 0.466 e. The molecule has 1 aliphatic heterocycles. The summed E-state index contributed by atoms with van der Waals surface area (Å²) in [4.78, 5) is 22.4. The minimum atomic E-state index is -0.219. The van der Waals surface area contributed by atoms with E-state index in [0.717, 1.165) is 23.2 Å². The number of fused-ring (bicyclic) bond motifs is 1. The Morgan fingerprint density at radius 2 is 2.26 bits per heavy atom. The van der Waals surface area contributed by atoms with E-state index in [1.165, 1.54) is 0 Å². The number of rotatable bonds is 4. The van der Waals surface area contributed by atoms with Gasteiger partial charge in [0.05, 0.1) is 13.0 Å². The van der Waals surface area contributed by atoms with Crippen LogP contribution in [0.2, 0.25) is 0 Å². The molecule has 0 aliphatic carbocycles. The standard InChI is InChI=1S/C15H17NO3/c1-2-19-15(18)5-3-4-11-6-8-13-12(10-11)7-9-14(17)16-13/h3-4,6,8,10H,2,5,7,9H2,1H3,(H,16,17). The van der Waals surface area contributed by atoms with Crippen LogP contribution < -0.4 is 5.32 Å². The average Bonchev–Trinajstić information content (AvgIpc) is 2.39. The number of carbonyl (C=O) groups excluding carboxylic acids is 2. The Morgan fingerprint density at radius 3 is 3.05 bits per heavy atom. The van der Waals surface area contributed by atoms with Crippen LogP contribution in [0, 0.1) is 0 Å². The van der Waals surface area contributed by atoms with E-state index in [1.807, 2.05) is 24.3 Å². The molecule has 0 saturated carbocycles. The number of hydrogen-bond donors (Lipinski definition) is 1. The number of carbonyl (C=O) groups is 2. The summed E-state index contributed by atoms with van der Waals surface area (Å²) < 4.78 is 4.84. The third kappa shape index (κ3) is 3.68. The van der Waals surface area contributed by atoms with E-state index in [2.05, 4.69) is 5.32 Å². The van der Waals surface area contributed by atoms with Crippen LogP contribution in [0.15, 0.2) is 24.3 Å². The highest BCUT2D eigenvalue weighted by atomic mass is 16.5. The SMILES string of the molecule is CCOC(=O)CC=Cc1ccc2c(c1)CCC(=O)N2. The highest BCUT2D eigenvalue weighted by Gasteiger charge is 2.13. The molecule has 1 heterocycles. The van der Waals surface area contributed by atoms with Gasteiger partial charge in [-0.05, 0) is 36.6 Å². The van der Waals surface area contributed by atoms with Crippen molar-refractivity contribution in [2.75, 3.05) is 11.9 Å². The predicted octanol–water partition coefficient (Wildman–Crippen LogP) is 2.54. The zero-order valence-electron chi connectivity index (χ0n) is 10.9. The van der Waals surface area contributed by atoms with Gasteiger partial charge in [0.25, 0.3) is 0 Å². The molecule has 1 aromatic carbocycles. The van der Waals surface area contributed by atoms with Gasteiger partial charge in [0.2, 0.25) is 5.91 Å². The zero-order valence-corrected chi connectivity index (χ0v) is 10.9. The molecule has 1 amide bonds. The van der Waals surface area contributed by atoms with Gasteiger partial charge in [-0.1, -0.05) is 18.2 Å². The number of nitrogens with one attached hydrogen (secondary N) is 1. The molecule has 0 radical (unpaired) electrons. The molecular weight excluding hydrogens is 242 g/mol. The molecule has 4 heteroatoms. The maximum Gasteiger partial charge on any atom is 0.309 e. The van der Waals surface area contributed by atoms with Gasteiger partial charge < -0.3 is 10.1 Å². The molecule has 0 fully saturated rings. The van der Waals surface area contributed by atoms with Crippen LogP contribution in [0.1, 0.15) is 30.9 Å². The number of aryl methyl sites for hydroxylation is 1. The molecule has 0 saturated heterocycles. The molecule has 0 unspecified atom stereocenters. The van der Waals surface area contributed by atoms with Gasteiger partial charge in [0, 0.05) is 12.1 Å². The molecular formula is C15H17NO3. The Morgan fingerprint density at radius 1 is 1.42 bits per heavy atom. The number of anilines is 1. The van der Waals surface area contributed by atoms with Crippen LogP contribution in [-0.2, 0) is 20.7 Å². The first-order chi connectivity index (χ1) is 9.19. The van der Waals surface area contributed by atoms with Crippen LogP contribution in [-0.4, -0.2) is 18.5 Å². The third-order valence-corrected chi connectivity index (χ3v) is 2.92. The van der Waals surface area contributed by atoms with Crippen molar-refractivity contribution in [3.05, 3.63) is 35.4 Å². The van der Waals surface area contributed by atoms with E-state index >= 15 is 0 Å². The monoisotopic (exact) mass is 259 g/mol. The molecule has 4 nitrogen and oxygen atoms in total. The first-order valence-corrected chi connectivity index (χ1v) is 6.44.